The molecule has 1 saturated heterocycles. The smallest absolute Gasteiger partial charge is 0.295 e. The van der Waals surface area contributed by atoms with E-state index in [2.05, 4.69) is 0 Å². The van der Waals surface area contributed by atoms with E-state index in [1.807, 2.05) is 26.8 Å². The van der Waals surface area contributed by atoms with E-state index in [-0.39, 0.29) is 30.6 Å². The molecule has 29 heavy (non-hydrogen) atoms. The molecule has 0 aliphatic carbocycles. The number of ether oxygens (including phenoxy) is 2. The van der Waals surface area contributed by atoms with Gasteiger partial charge in [-0.25, -0.2) is 0 Å². The molecule has 0 radical (unpaired) electrons. The second kappa shape index (κ2) is 8.53. The third-order valence-electron chi connectivity index (χ3n) is 4.75. The van der Waals surface area contributed by atoms with Crippen molar-refractivity contribution in [3.63, 3.8) is 0 Å². The van der Waals surface area contributed by atoms with Crippen molar-refractivity contribution in [1.82, 2.24) is 4.90 Å². The Morgan fingerprint density at radius 3 is 2.66 bits per heavy atom. The highest BCUT2D eigenvalue weighted by Crippen LogP contribution is 2.41. The fourth-order valence-electron chi connectivity index (χ4n) is 3.39. The molecule has 154 valence electrons. The number of Topliss-reactive ketones (excluding diaryl/α,β-unsaturated/α-hetero) is 1. The van der Waals surface area contributed by atoms with Crippen LogP contribution in [0.3, 0.4) is 0 Å². The summed E-state index contributed by atoms with van der Waals surface area (Å²) in [5.41, 5.74) is 1.19. The van der Waals surface area contributed by atoms with Crippen LogP contribution in [0.1, 0.15) is 36.8 Å². The quantitative estimate of drug-likeness (QED) is 0.436. The number of nitrogens with zero attached hydrogens (tertiary/aromatic N) is 1. The van der Waals surface area contributed by atoms with Crippen molar-refractivity contribution in [2.24, 2.45) is 0 Å². The average molecular weight is 399 g/mol. The Kier molecular flexibility index (Phi) is 6.08. The van der Waals surface area contributed by atoms with Gasteiger partial charge in [0.05, 0.1) is 37.2 Å². The summed E-state index contributed by atoms with van der Waals surface area (Å²) in [6.45, 7) is 6.10. The van der Waals surface area contributed by atoms with E-state index in [9.17, 15) is 14.7 Å². The summed E-state index contributed by atoms with van der Waals surface area (Å²) in [6, 6.07) is 7.76. The van der Waals surface area contributed by atoms with E-state index >= 15 is 0 Å². The van der Waals surface area contributed by atoms with Crippen molar-refractivity contribution < 1.29 is 28.6 Å². The Labute approximate surface area is 169 Å². The van der Waals surface area contributed by atoms with Crippen LogP contribution in [0.2, 0.25) is 0 Å². The second-order valence-corrected chi connectivity index (χ2v) is 7.13. The van der Waals surface area contributed by atoms with Crippen LogP contribution in [-0.4, -0.2) is 48.1 Å². The highest BCUT2D eigenvalue weighted by Gasteiger charge is 2.47. The Balaban J connectivity index is 2.10. The van der Waals surface area contributed by atoms with Crippen LogP contribution >= 0.6 is 0 Å². The highest BCUT2D eigenvalue weighted by atomic mass is 16.5. The molecule has 2 heterocycles. The molecular weight excluding hydrogens is 374 g/mol. The molecule has 1 fully saturated rings. The molecule has 7 nitrogen and oxygen atoms in total. The van der Waals surface area contributed by atoms with Crippen LogP contribution < -0.4 is 4.74 Å². The number of hydrogen-bond acceptors (Lipinski definition) is 6. The van der Waals surface area contributed by atoms with E-state index in [4.69, 9.17) is 13.9 Å². The Bertz CT molecular complexity index is 929. The van der Waals surface area contributed by atoms with Crippen molar-refractivity contribution >= 4 is 17.4 Å². The second-order valence-electron chi connectivity index (χ2n) is 7.13. The molecule has 1 unspecified atom stereocenters. The minimum absolute atomic E-state index is 0.00885. The lowest BCUT2D eigenvalue weighted by molar-refractivity contribution is -0.140. The number of aliphatic hydroxyl groups is 1. The Hall–Kier alpha value is -3.06. The monoisotopic (exact) mass is 399 g/mol. The lowest BCUT2D eigenvalue weighted by atomic mass is 9.98. The molecular formula is C22H25NO6. The van der Waals surface area contributed by atoms with Gasteiger partial charge in [-0.1, -0.05) is 11.6 Å². The molecule has 1 aliphatic rings. The number of rotatable bonds is 7. The Morgan fingerprint density at radius 2 is 2.03 bits per heavy atom. The maximum absolute atomic E-state index is 12.9. The summed E-state index contributed by atoms with van der Waals surface area (Å²) in [5, 5.41) is 11.1. The summed E-state index contributed by atoms with van der Waals surface area (Å²) >= 11 is 0. The zero-order valence-electron chi connectivity index (χ0n) is 17.0. The zero-order valence-corrected chi connectivity index (χ0v) is 17.0. The van der Waals surface area contributed by atoms with E-state index < -0.39 is 17.7 Å². The van der Waals surface area contributed by atoms with Gasteiger partial charge in [0.15, 0.2) is 0 Å². The molecule has 0 saturated carbocycles. The first-order chi connectivity index (χ1) is 13.8. The number of aryl methyl sites for hydroxylation is 1. The molecule has 1 aromatic heterocycles. The van der Waals surface area contributed by atoms with E-state index in [1.165, 1.54) is 18.3 Å². The summed E-state index contributed by atoms with van der Waals surface area (Å²) in [6.07, 6.45) is 1.46. The number of benzene rings is 1. The first kappa shape index (κ1) is 20.7. The van der Waals surface area contributed by atoms with Gasteiger partial charge in [0, 0.05) is 6.54 Å². The predicted molar refractivity (Wildman–Crippen MR) is 107 cm³/mol. The van der Waals surface area contributed by atoms with E-state index in [1.54, 1.807) is 24.3 Å². The van der Waals surface area contributed by atoms with Crippen LogP contribution in [0.4, 0.5) is 0 Å². The lowest BCUT2D eigenvalue weighted by Gasteiger charge is -2.23. The number of carbonyl (C=O) groups is 2. The number of carbonyl (C=O) groups excluding carboxylic acids is 2. The van der Waals surface area contributed by atoms with Crippen molar-refractivity contribution in [2.75, 3.05) is 20.3 Å². The molecule has 1 aliphatic heterocycles. The van der Waals surface area contributed by atoms with Crippen LogP contribution in [0, 0.1) is 6.92 Å². The number of ketones is 1. The number of hydrogen-bond donors (Lipinski definition) is 1. The summed E-state index contributed by atoms with van der Waals surface area (Å²) < 4.78 is 16.4. The number of likely N-dealkylation sites (tertiary alicyclic amines) is 1. The molecule has 1 amide bonds. The van der Waals surface area contributed by atoms with Crippen LogP contribution in [0.15, 0.2) is 46.6 Å². The largest absolute Gasteiger partial charge is 0.507 e. The van der Waals surface area contributed by atoms with Crippen molar-refractivity contribution in [2.45, 2.75) is 32.9 Å². The first-order valence-corrected chi connectivity index (χ1v) is 9.43. The Morgan fingerprint density at radius 1 is 1.28 bits per heavy atom. The number of furan rings is 1. The molecule has 1 atom stereocenters. The average Bonchev–Trinajstić information content (AvgIpc) is 3.29. The number of amides is 1. The van der Waals surface area contributed by atoms with Gasteiger partial charge < -0.3 is 23.9 Å². The molecule has 0 bridgehead atoms. The third-order valence-corrected chi connectivity index (χ3v) is 4.75. The van der Waals surface area contributed by atoms with Gasteiger partial charge in [0.1, 0.15) is 23.3 Å². The molecule has 7 heteroatoms. The van der Waals surface area contributed by atoms with Crippen LogP contribution in [0.5, 0.6) is 5.75 Å². The molecule has 2 aromatic rings. The summed E-state index contributed by atoms with van der Waals surface area (Å²) in [5.74, 6) is -0.968. The normalized spacial score (nSPS) is 18.7. The van der Waals surface area contributed by atoms with Crippen molar-refractivity contribution in [1.29, 1.82) is 0 Å². The number of aliphatic hydroxyl groups excluding tert-OH is 1. The van der Waals surface area contributed by atoms with Gasteiger partial charge in [0.25, 0.3) is 11.7 Å². The van der Waals surface area contributed by atoms with Gasteiger partial charge >= 0.3 is 0 Å². The first-order valence-electron chi connectivity index (χ1n) is 9.43. The van der Waals surface area contributed by atoms with Gasteiger partial charge in [-0.15, -0.1) is 0 Å². The van der Waals surface area contributed by atoms with Gasteiger partial charge in [0.2, 0.25) is 0 Å². The molecule has 1 N–H and O–H groups in total. The van der Waals surface area contributed by atoms with Crippen molar-refractivity contribution in [3.05, 3.63) is 59.1 Å². The van der Waals surface area contributed by atoms with Crippen LogP contribution in [-0.2, 0) is 14.3 Å². The van der Waals surface area contributed by atoms with E-state index in [0.29, 0.717) is 17.1 Å². The highest BCUT2D eigenvalue weighted by molar-refractivity contribution is 6.46. The molecule has 3 rings (SSSR count). The van der Waals surface area contributed by atoms with Crippen molar-refractivity contribution in [3.8, 4) is 5.75 Å². The van der Waals surface area contributed by atoms with Gasteiger partial charge in [-0.3, -0.25) is 9.59 Å². The lowest BCUT2D eigenvalue weighted by Crippen LogP contribution is -2.33. The minimum atomic E-state index is -0.842. The van der Waals surface area contributed by atoms with Gasteiger partial charge in [-0.05, 0) is 45.0 Å². The van der Waals surface area contributed by atoms with Gasteiger partial charge in [-0.2, -0.15) is 0 Å². The van der Waals surface area contributed by atoms with E-state index in [0.717, 1.165) is 5.56 Å². The maximum Gasteiger partial charge on any atom is 0.295 e. The third kappa shape index (κ3) is 4.05. The molecule has 0 spiro atoms. The fraction of sp³-hybridized carbons (Fsp3) is 0.364. The number of methoxy groups -OCH3 is 1. The predicted octanol–water partition coefficient (Wildman–Crippen LogP) is 3.44. The standard InChI is InChI=1S/C22H25NO6/c1-13(2)28-11-9-23-19(17-6-5-10-29-17)18(21(25)22(23)26)20(24)15-12-14(3)7-8-16(15)27-4/h5-8,10,12-13,19,24H,9,11H2,1-4H3/b20-18-. The minimum Gasteiger partial charge on any atom is -0.507 e. The van der Waals surface area contributed by atoms with Crippen LogP contribution in [0.25, 0.3) is 5.76 Å². The topological polar surface area (TPSA) is 89.2 Å². The fourth-order valence-corrected chi connectivity index (χ4v) is 3.39. The molecule has 1 aromatic carbocycles. The summed E-state index contributed by atoms with van der Waals surface area (Å²) in [4.78, 5) is 27.0. The SMILES string of the molecule is COc1ccc(C)cc1/C(O)=C1/C(=O)C(=O)N(CCOC(C)C)C1c1ccco1. The zero-order chi connectivity index (χ0) is 21.1. The summed E-state index contributed by atoms with van der Waals surface area (Å²) in [7, 11) is 1.48. The maximum atomic E-state index is 12.9.